The Morgan fingerprint density at radius 2 is 0.675 bits per heavy atom. The third-order valence-electron chi connectivity index (χ3n) is 14.4. The van der Waals surface area contributed by atoms with Crippen molar-refractivity contribution in [2.24, 2.45) is 0 Å². The number of benzene rings is 9. The Morgan fingerprint density at radius 1 is 0.299 bits per heavy atom. The zero-order chi connectivity index (χ0) is 52.1. The molecule has 0 saturated heterocycles. The first-order valence-corrected chi connectivity index (χ1v) is 26.8. The van der Waals surface area contributed by atoms with Gasteiger partial charge < -0.3 is 9.97 Å². The molecular formula is C74H64IrN2-2. The Labute approximate surface area is 471 Å². The molecule has 2 nitrogen and oxygen atoms in total. The van der Waals surface area contributed by atoms with Gasteiger partial charge in [0.25, 0.3) is 0 Å². The molecular weight excluding hydrogens is 1110 g/mol. The predicted octanol–water partition coefficient (Wildman–Crippen LogP) is 19.7. The van der Waals surface area contributed by atoms with Crippen LogP contribution in [0, 0.1) is 39.8 Å². The molecule has 1 radical (unpaired) electrons. The molecule has 0 bridgehead atoms. The van der Waals surface area contributed by atoms with Crippen LogP contribution in [0.5, 0.6) is 0 Å². The van der Waals surface area contributed by atoms with Crippen molar-refractivity contribution < 1.29 is 20.1 Å². The second-order valence-corrected chi connectivity index (χ2v) is 20.0. The van der Waals surface area contributed by atoms with Crippen molar-refractivity contribution in [2.45, 2.75) is 66.2 Å². The maximum Gasteiger partial charge on any atom is 0.0160 e. The van der Waals surface area contributed by atoms with Gasteiger partial charge in [-0.15, -0.1) is 70.8 Å². The fourth-order valence-corrected chi connectivity index (χ4v) is 10.7. The fraction of sp³-hybridized carbons (Fsp3) is 0.135. The first kappa shape index (κ1) is 53.7. The van der Waals surface area contributed by atoms with Crippen LogP contribution in [-0.2, 0) is 32.9 Å². The number of pyridine rings is 2. The van der Waals surface area contributed by atoms with E-state index in [0.717, 1.165) is 28.9 Å². The van der Waals surface area contributed by atoms with Crippen molar-refractivity contribution in [3.05, 3.63) is 288 Å². The van der Waals surface area contributed by atoms with Gasteiger partial charge in [0, 0.05) is 32.5 Å². The van der Waals surface area contributed by atoms with Gasteiger partial charge in [0.05, 0.1) is 0 Å². The first-order valence-electron chi connectivity index (χ1n) is 26.8. The van der Waals surface area contributed by atoms with Crippen LogP contribution in [0.4, 0.5) is 0 Å². The van der Waals surface area contributed by atoms with Gasteiger partial charge in [0.2, 0.25) is 0 Å². The maximum atomic E-state index is 4.52. The van der Waals surface area contributed by atoms with Gasteiger partial charge in [-0.1, -0.05) is 183 Å². The van der Waals surface area contributed by atoms with Gasteiger partial charge in [0.1, 0.15) is 0 Å². The smallest absolute Gasteiger partial charge is 0.0160 e. The van der Waals surface area contributed by atoms with Crippen molar-refractivity contribution in [3.8, 4) is 89.3 Å². The number of rotatable bonds is 15. The summed E-state index contributed by atoms with van der Waals surface area (Å²) in [6.45, 7) is 8.84. The molecule has 9 aromatic carbocycles. The van der Waals surface area contributed by atoms with Crippen LogP contribution < -0.4 is 0 Å². The van der Waals surface area contributed by atoms with Crippen LogP contribution >= 0.6 is 0 Å². The van der Waals surface area contributed by atoms with E-state index in [1.165, 1.54) is 132 Å². The first-order chi connectivity index (χ1) is 37.3. The Bertz CT molecular complexity index is 3630. The summed E-state index contributed by atoms with van der Waals surface area (Å²) in [7, 11) is 0. The normalized spacial score (nSPS) is 10.8. The van der Waals surface area contributed by atoms with Gasteiger partial charge in [-0.25, -0.2) is 0 Å². The molecule has 381 valence electrons. The number of nitrogens with zero attached hydrogens (tertiary/aromatic N) is 2. The molecule has 0 saturated carbocycles. The van der Waals surface area contributed by atoms with E-state index in [1.807, 2.05) is 60.9 Å². The van der Waals surface area contributed by atoms with Crippen LogP contribution in [0.25, 0.3) is 89.3 Å². The van der Waals surface area contributed by atoms with Crippen molar-refractivity contribution in [2.75, 3.05) is 0 Å². The van der Waals surface area contributed by atoms with Crippen LogP contribution in [0.1, 0.15) is 59.1 Å². The summed E-state index contributed by atoms with van der Waals surface area (Å²) < 4.78 is 0. The molecule has 0 amide bonds. The van der Waals surface area contributed by atoms with Crippen LogP contribution in [0.15, 0.2) is 243 Å². The largest absolute Gasteiger partial charge is 0.305 e. The number of hydrogen-bond acceptors (Lipinski definition) is 2. The molecule has 0 spiro atoms. The fourth-order valence-electron chi connectivity index (χ4n) is 10.7. The Morgan fingerprint density at radius 3 is 1.14 bits per heavy atom. The second kappa shape index (κ2) is 26.1. The summed E-state index contributed by atoms with van der Waals surface area (Å²) >= 11 is 0. The van der Waals surface area contributed by atoms with Gasteiger partial charge in [-0.2, -0.15) is 0 Å². The third kappa shape index (κ3) is 13.7. The summed E-state index contributed by atoms with van der Waals surface area (Å²) in [5, 5.41) is 0. The van der Waals surface area contributed by atoms with Gasteiger partial charge >= 0.3 is 0 Å². The van der Waals surface area contributed by atoms with E-state index < -0.39 is 0 Å². The molecule has 0 aliphatic heterocycles. The van der Waals surface area contributed by atoms with E-state index in [4.69, 9.17) is 0 Å². The minimum absolute atomic E-state index is 0. The van der Waals surface area contributed by atoms with Gasteiger partial charge in [-0.05, 0) is 178 Å². The average Bonchev–Trinajstić information content (AvgIpc) is 3.47. The van der Waals surface area contributed by atoms with E-state index in [2.05, 4.69) is 232 Å². The van der Waals surface area contributed by atoms with Crippen LogP contribution in [0.2, 0.25) is 0 Å². The predicted molar refractivity (Wildman–Crippen MR) is 321 cm³/mol. The van der Waals surface area contributed by atoms with Gasteiger partial charge in [-0.3, -0.25) is 0 Å². The molecule has 0 unspecified atom stereocenters. The molecule has 11 aromatic rings. The van der Waals surface area contributed by atoms with Crippen LogP contribution in [-0.4, -0.2) is 9.97 Å². The van der Waals surface area contributed by atoms with Crippen molar-refractivity contribution in [1.82, 2.24) is 9.97 Å². The van der Waals surface area contributed by atoms with E-state index in [1.54, 1.807) is 0 Å². The zero-order valence-corrected chi connectivity index (χ0v) is 47.0. The molecule has 0 fully saturated rings. The van der Waals surface area contributed by atoms with E-state index >= 15 is 0 Å². The topological polar surface area (TPSA) is 25.8 Å². The quantitative estimate of drug-likeness (QED) is 0.0755. The molecule has 77 heavy (non-hydrogen) atoms. The summed E-state index contributed by atoms with van der Waals surface area (Å²) in [4.78, 5) is 9.01. The van der Waals surface area contributed by atoms with Crippen LogP contribution in [0.3, 0.4) is 0 Å². The molecule has 3 heteroatoms. The molecule has 0 atom stereocenters. The molecule has 0 N–H and O–H groups in total. The average molecular weight is 1170 g/mol. The van der Waals surface area contributed by atoms with Crippen molar-refractivity contribution in [3.63, 3.8) is 0 Å². The number of unbranched alkanes of at least 4 members (excludes halogenated alkanes) is 3. The molecule has 11 rings (SSSR count). The third-order valence-corrected chi connectivity index (χ3v) is 14.4. The molecule has 0 aliphatic rings. The van der Waals surface area contributed by atoms with Gasteiger partial charge in [0.15, 0.2) is 0 Å². The molecule has 2 aromatic heterocycles. The second-order valence-electron chi connectivity index (χ2n) is 20.0. The van der Waals surface area contributed by atoms with E-state index in [0.29, 0.717) is 0 Å². The Kier molecular flexibility index (Phi) is 18.2. The van der Waals surface area contributed by atoms with E-state index in [9.17, 15) is 0 Å². The monoisotopic (exact) mass is 1170 g/mol. The van der Waals surface area contributed by atoms with Crippen molar-refractivity contribution in [1.29, 1.82) is 0 Å². The summed E-state index contributed by atoms with van der Waals surface area (Å²) in [6, 6.07) is 88.9. The SMILES string of the molecule is Cc1cc(-c2cccc(-c3cccc(CCCCCCc4ccccc4)c3)c2)cc(C)c1-c1cc[c-]c(-c2ccccn2)c1.Cc1cc(-c2cccc(-c3ccccc3)c2)cc(C)c1-c1cc[c-]c(-c2ccccn2)c1.[Ir]. The molecule has 0 aliphatic carbocycles. The van der Waals surface area contributed by atoms with Crippen molar-refractivity contribution >= 4 is 0 Å². The zero-order valence-electron chi connectivity index (χ0n) is 44.6. The summed E-state index contributed by atoms with van der Waals surface area (Å²) in [6.07, 6.45) is 11.1. The Balaban J connectivity index is 0.000000194. The minimum atomic E-state index is 0. The number of aryl methyl sites for hydroxylation is 6. The number of aromatic nitrogens is 2. The standard InChI is InChI=1S/C43H40N.C31H24N.Ir/c1-32-27-41(28-33(2)43(32)40-24-14-23-39(31-40)42-25-10-11-26-44-42)38-22-13-21-37(30-38)36-20-12-19-35(29-36)18-7-4-3-6-15-34-16-8-5-9-17-34;1-22-18-29(26-13-8-12-25(20-26)24-10-4-3-5-11-24)19-23(2)31(22)28-15-9-14-27(21-28)30-16-6-7-17-32-30;/h5,8-14,16-17,19-22,24-31H,3-4,6-7,15,18H2,1-2H3;3-13,15-21H,1-2H3;/q2*-1;. The minimum Gasteiger partial charge on any atom is -0.305 e. The summed E-state index contributed by atoms with van der Waals surface area (Å²) in [5.74, 6) is 0. The molecule has 2 heterocycles. The maximum absolute atomic E-state index is 4.52. The number of hydrogen-bond donors (Lipinski definition) is 0. The van der Waals surface area contributed by atoms with E-state index in [-0.39, 0.29) is 20.1 Å². The summed E-state index contributed by atoms with van der Waals surface area (Å²) in [5.41, 5.74) is 26.9. The Hall–Kier alpha value is -8.07.